The highest BCUT2D eigenvalue weighted by atomic mass is 19.1. The number of carbonyl (C=O) groups is 3. The third-order valence-corrected chi connectivity index (χ3v) is 5.25. The molecule has 35 heavy (non-hydrogen) atoms. The molecule has 182 valence electrons. The maximum atomic E-state index is 13.2. The van der Waals surface area contributed by atoms with Gasteiger partial charge < -0.3 is 20.5 Å². The van der Waals surface area contributed by atoms with Crippen molar-refractivity contribution in [1.82, 2.24) is 10.6 Å². The Kier molecular flexibility index (Phi) is 8.95. The van der Waals surface area contributed by atoms with Crippen LogP contribution in [0.1, 0.15) is 23.6 Å². The van der Waals surface area contributed by atoms with Gasteiger partial charge in [-0.2, -0.15) is 0 Å². The second-order valence-corrected chi connectivity index (χ2v) is 8.11. The Morgan fingerprint density at radius 2 is 1.49 bits per heavy atom. The van der Waals surface area contributed by atoms with Gasteiger partial charge >= 0.3 is 5.97 Å². The molecule has 2 atom stereocenters. The second kappa shape index (κ2) is 12.3. The van der Waals surface area contributed by atoms with Crippen LogP contribution in [0.5, 0.6) is 5.75 Å². The fraction of sp³-hybridized carbons (Fsp3) is 0.222. The van der Waals surface area contributed by atoms with Crippen LogP contribution in [0.3, 0.4) is 0 Å². The van der Waals surface area contributed by atoms with E-state index in [1.807, 2.05) is 30.3 Å². The molecular formula is C27H27FN2O5. The van der Waals surface area contributed by atoms with Crippen molar-refractivity contribution in [2.45, 2.75) is 38.5 Å². The smallest absolute Gasteiger partial charge is 0.326 e. The molecule has 0 aliphatic rings. The zero-order valence-corrected chi connectivity index (χ0v) is 19.2. The Labute approximate surface area is 202 Å². The maximum absolute atomic E-state index is 13.2. The van der Waals surface area contributed by atoms with Gasteiger partial charge in [-0.15, -0.1) is 0 Å². The number of carbonyl (C=O) groups excluding carboxylic acids is 2. The number of aliphatic carboxylic acids is 1. The quantitative estimate of drug-likeness (QED) is 0.392. The molecule has 0 saturated carbocycles. The lowest BCUT2D eigenvalue weighted by molar-refractivity contribution is -0.142. The van der Waals surface area contributed by atoms with E-state index in [1.54, 1.807) is 24.3 Å². The lowest BCUT2D eigenvalue weighted by Gasteiger charge is -2.21. The van der Waals surface area contributed by atoms with Crippen LogP contribution in [-0.4, -0.2) is 35.0 Å². The van der Waals surface area contributed by atoms with Crippen LogP contribution < -0.4 is 15.4 Å². The summed E-state index contributed by atoms with van der Waals surface area (Å²) >= 11 is 0. The van der Waals surface area contributed by atoms with Crippen LogP contribution in [0.4, 0.5) is 4.39 Å². The molecule has 3 N–H and O–H groups in total. The molecule has 3 aromatic rings. The molecule has 0 aromatic heterocycles. The fourth-order valence-electron chi connectivity index (χ4n) is 3.52. The van der Waals surface area contributed by atoms with Gasteiger partial charge in [0.25, 0.3) is 0 Å². The Hall–Kier alpha value is -4.20. The van der Waals surface area contributed by atoms with E-state index in [0.717, 1.165) is 5.56 Å². The lowest BCUT2D eigenvalue weighted by atomic mass is 10.0. The molecule has 0 spiro atoms. The maximum Gasteiger partial charge on any atom is 0.326 e. The standard InChI is InChI=1S/C27H27FN2O5/c1-18(31)29-24(15-19-10-12-22(28)13-11-19)26(32)30-25(27(33)34)16-21-8-5-9-23(14-21)35-17-20-6-3-2-4-7-20/h2-14,24-25H,15-17H2,1H3,(H,29,31)(H,30,32)(H,33,34)/t24-,25+/m0/s1. The molecule has 0 saturated heterocycles. The summed E-state index contributed by atoms with van der Waals surface area (Å²) in [6.07, 6.45) is 0.105. The SMILES string of the molecule is CC(=O)N[C@@H](Cc1ccc(F)cc1)C(=O)N[C@H](Cc1cccc(OCc2ccccc2)c1)C(=O)O. The van der Waals surface area contributed by atoms with E-state index in [4.69, 9.17) is 4.74 Å². The summed E-state index contributed by atoms with van der Waals surface area (Å²) in [4.78, 5) is 36.4. The van der Waals surface area contributed by atoms with E-state index in [2.05, 4.69) is 10.6 Å². The monoisotopic (exact) mass is 478 g/mol. The Bertz CT molecular complexity index is 1150. The van der Waals surface area contributed by atoms with Gasteiger partial charge in [0.05, 0.1) is 0 Å². The number of amides is 2. The molecule has 0 fully saturated rings. The van der Waals surface area contributed by atoms with Crippen LogP contribution in [0.2, 0.25) is 0 Å². The van der Waals surface area contributed by atoms with Crippen LogP contribution in [-0.2, 0) is 33.8 Å². The van der Waals surface area contributed by atoms with Gasteiger partial charge in [-0.1, -0.05) is 54.6 Å². The summed E-state index contributed by atoms with van der Waals surface area (Å²) in [5.41, 5.74) is 2.28. The molecule has 0 aliphatic heterocycles. The van der Waals surface area contributed by atoms with Crippen molar-refractivity contribution in [2.75, 3.05) is 0 Å². The number of carboxylic acid groups (broad SMARTS) is 1. The molecule has 3 rings (SSSR count). The van der Waals surface area contributed by atoms with Gasteiger partial charge in [0.15, 0.2) is 0 Å². The van der Waals surface area contributed by atoms with Crippen molar-refractivity contribution < 1.29 is 28.6 Å². The Morgan fingerprint density at radius 3 is 2.14 bits per heavy atom. The van der Waals surface area contributed by atoms with Crippen LogP contribution in [0, 0.1) is 5.82 Å². The minimum atomic E-state index is -1.23. The number of nitrogens with one attached hydrogen (secondary N) is 2. The molecule has 8 heteroatoms. The first kappa shape index (κ1) is 25.4. The largest absolute Gasteiger partial charge is 0.489 e. The fourth-order valence-corrected chi connectivity index (χ4v) is 3.52. The van der Waals surface area contributed by atoms with Gasteiger partial charge in [-0.3, -0.25) is 9.59 Å². The predicted molar refractivity (Wildman–Crippen MR) is 128 cm³/mol. The van der Waals surface area contributed by atoms with Crippen LogP contribution in [0.15, 0.2) is 78.9 Å². The summed E-state index contributed by atoms with van der Waals surface area (Å²) in [6, 6.07) is 19.9. The minimum Gasteiger partial charge on any atom is -0.489 e. The van der Waals surface area contributed by atoms with Crippen molar-refractivity contribution >= 4 is 17.8 Å². The molecule has 2 amide bonds. The minimum absolute atomic E-state index is 0.0208. The normalized spacial score (nSPS) is 12.3. The van der Waals surface area contributed by atoms with Gasteiger partial charge in [0.1, 0.15) is 30.3 Å². The molecule has 0 bridgehead atoms. The number of hydrogen-bond donors (Lipinski definition) is 3. The molecular weight excluding hydrogens is 451 g/mol. The second-order valence-electron chi connectivity index (χ2n) is 8.11. The van der Waals surface area contributed by atoms with Crippen LogP contribution >= 0.6 is 0 Å². The van der Waals surface area contributed by atoms with Crippen molar-refractivity contribution in [2.24, 2.45) is 0 Å². The Morgan fingerprint density at radius 1 is 0.829 bits per heavy atom. The Balaban J connectivity index is 1.66. The molecule has 0 heterocycles. The number of benzene rings is 3. The molecule has 0 unspecified atom stereocenters. The lowest BCUT2D eigenvalue weighted by Crippen LogP contribution is -2.52. The van der Waals surface area contributed by atoms with Gasteiger partial charge in [0.2, 0.25) is 11.8 Å². The summed E-state index contributed by atoms with van der Waals surface area (Å²) in [5.74, 6) is -2.14. The van der Waals surface area contributed by atoms with Crippen molar-refractivity contribution in [3.05, 3.63) is 101 Å². The highest BCUT2D eigenvalue weighted by Crippen LogP contribution is 2.17. The summed E-state index contributed by atoms with van der Waals surface area (Å²) < 4.78 is 19.0. The summed E-state index contributed by atoms with van der Waals surface area (Å²) in [6.45, 7) is 1.63. The van der Waals surface area contributed by atoms with E-state index in [0.29, 0.717) is 23.5 Å². The van der Waals surface area contributed by atoms with E-state index in [9.17, 15) is 23.9 Å². The number of rotatable bonds is 11. The zero-order chi connectivity index (χ0) is 25.2. The molecule has 0 radical (unpaired) electrons. The number of carboxylic acids is 1. The van der Waals surface area contributed by atoms with E-state index in [-0.39, 0.29) is 12.8 Å². The number of ether oxygens (including phenoxy) is 1. The highest BCUT2D eigenvalue weighted by Gasteiger charge is 2.26. The average molecular weight is 479 g/mol. The van der Waals surface area contributed by atoms with Crippen molar-refractivity contribution in [3.8, 4) is 5.75 Å². The number of hydrogen-bond acceptors (Lipinski definition) is 4. The molecule has 7 nitrogen and oxygen atoms in total. The van der Waals surface area contributed by atoms with E-state index < -0.39 is 35.7 Å². The highest BCUT2D eigenvalue weighted by molar-refractivity contribution is 5.90. The van der Waals surface area contributed by atoms with Crippen molar-refractivity contribution in [3.63, 3.8) is 0 Å². The third-order valence-electron chi connectivity index (χ3n) is 5.25. The van der Waals surface area contributed by atoms with Gasteiger partial charge in [-0.25, -0.2) is 9.18 Å². The third kappa shape index (κ3) is 8.26. The zero-order valence-electron chi connectivity index (χ0n) is 19.2. The average Bonchev–Trinajstić information content (AvgIpc) is 2.84. The first-order chi connectivity index (χ1) is 16.8. The van der Waals surface area contributed by atoms with Gasteiger partial charge in [0, 0.05) is 19.8 Å². The molecule has 0 aliphatic carbocycles. The van der Waals surface area contributed by atoms with Crippen molar-refractivity contribution in [1.29, 1.82) is 0 Å². The van der Waals surface area contributed by atoms with E-state index in [1.165, 1.54) is 31.2 Å². The topological polar surface area (TPSA) is 105 Å². The first-order valence-corrected chi connectivity index (χ1v) is 11.1. The first-order valence-electron chi connectivity index (χ1n) is 11.1. The summed E-state index contributed by atoms with van der Waals surface area (Å²) in [7, 11) is 0. The van der Waals surface area contributed by atoms with Crippen LogP contribution in [0.25, 0.3) is 0 Å². The van der Waals surface area contributed by atoms with E-state index >= 15 is 0 Å². The number of halogens is 1. The van der Waals surface area contributed by atoms with Gasteiger partial charge in [-0.05, 0) is 41.0 Å². The summed E-state index contributed by atoms with van der Waals surface area (Å²) in [5, 5.41) is 14.8. The predicted octanol–water partition coefficient (Wildman–Crippen LogP) is 3.26. The molecule has 3 aromatic carbocycles.